The topological polar surface area (TPSA) is 21.3 Å². The number of benzene rings is 1. The lowest BCUT2D eigenvalue weighted by Gasteiger charge is -2.27. The van der Waals surface area contributed by atoms with Gasteiger partial charge in [0.2, 0.25) is 0 Å². The molecule has 1 aliphatic rings. The molecule has 1 N–H and O–H groups in total. The largest absolute Gasteiger partial charge is 0.378 e. The Morgan fingerprint density at radius 3 is 2.70 bits per heavy atom. The minimum atomic E-state index is 0.149. The number of rotatable bonds is 5. The lowest BCUT2D eigenvalue weighted by atomic mass is 9.91. The highest BCUT2D eigenvalue weighted by molar-refractivity contribution is 9.10. The van der Waals surface area contributed by atoms with Gasteiger partial charge in [-0.25, -0.2) is 0 Å². The van der Waals surface area contributed by atoms with Crippen LogP contribution in [0.15, 0.2) is 28.7 Å². The van der Waals surface area contributed by atoms with Crippen LogP contribution in [0.5, 0.6) is 0 Å². The van der Waals surface area contributed by atoms with Crippen LogP contribution in [0.3, 0.4) is 0 Å². The molecule has 0 amide bonds. The summed E-state index contributed by atoms with van der Waals surface area (Å²) in [5, 5.41) is 3.65. The van der Waals surface area contributed by atoms with Crippen LogP contribution >= 0.6 is 15.9 Å². The minimum absolute atomic E-state index is 0.149. The number of halogens is 1. The molecule has 1 aliphatic heterocycles. The summed E-state index contributed by atoms with van der Waals surface area (Å²) in [5.74, 6) is 0.493. The van der Waals surface area contributed by atoms with E-state index in [1.165, 1.54) is 22.9 Å². The lowest BCUT2D eigenvalue weighted by molar-refractivity contribution is 0.0969. The SMILES string of the molecule is CC(C)(C)NCC(CC1CCCO1)c1ccccc1Br. The third-order valence-corrected chi connectivity index (χ3v) is 4.52. The first-order valence-corrected chi connectivity index (χ1v) is 8.36. The predicted molar refractivity (Wildman–Crippen MR) is 88.2 cm³/mol. The Morgan fingerprint density at radius 2 is 2.10 bits per heavy atom. The Balaban J connectivity index is 2.08. The average molecular weight is 340 g/mol. The molecule has 20 heavy (non-hydrogen) atoms. The normalized spacial score (nSPS) is 21.1. The third kappa shape index (κ3) is 4.87. The number of hydrogen-bond donors (Lipinski definition) is 1. The number of ether oxygens (including phenoxy) is 1. The summed E-state index contributed by atoms with van der Waals surface area (Å²) in [6.45, 7) is 8.58. The van der Waals surface area contributed by atoms with Crippen LogP contribution in [-0.2, 0) is 4.74 Å². The molecule has 1 saturated heterocycles. The average Bonchev–Trinajstić information content (AvgIpc) is 2.87. The van der Waals surface area contributed by atoms with Gasteiger partial charge in [0, 0.05) is 23.2 Å². The van der Waals surface area contributed by atoms with E-state index >= 15 is 0 Å². The van der Waals surface area contributed by atoms with E-state index in [1.807, 2.05) is 0 Å². The maximum Gasteiger partial charge on any atom is 0.0582 e. The van der Waals surface area contributed by atoms with E-state index in [1.54, 1.807) is 0 Å². The van der Waals surface area contributed by atoms with Crippen LogP contribution in [0.4, 0.5) is 0 Å². The molecule has 1 aromatic carbocycles. The minimum Gasteiger partial charge on any atom is -0.378 e. The molecule has 2 unspecified atom stereocenters. The smallest absolute Gasteiger partial charge is 0.0582 e. The number of hydrogen-bond acceptors (Lipinski definition) is 2. The van der Waals surface area contributed by atoms with E-state index in [4.69, 9.17) is 4.74 Å². The molecule has 1 aromatic rings. The fourth-order valence-electron chi connectivity index (χ4n) is 2.70. The molecular weight excluding hydrogens is 314 g/mol. The van der Waals surface area contributed by atoms with Gasteiger partial charge in [-0.2, -0.15) is 0 Å². The van der Waals surface area contributed by atoms with E-state index < -0.39 is 0 Å². The van der Waals surface area contributed by atoms with Gasteiger partial charge >= 0.3 is 0 Å². The molecule has 2 rings (SSSR count). The predicted octanol–water partition coefficient (Wildman–Crippen LogP) is 4.49. The third-order valence-electron chi connectivity index (χ3n) is 3.80. The van der Waals surface area contributed by atoms with E-state index in [0.29, 0.717) is 12.0 Å². The van der Waals surface area contributed by atoms with Crippen molar-refractivity contribution >= 4 is 15.9 Å². The summed E-state index contributed by atoms with van der Waals surface area (Å²) in [7, 11) is 0. The van der Waals surface area contributed by atoms with Crippen LogP contribution in [0.1, 0.15) is 51.5 Å². The zero-order valence-electron chi connectivity index (χ0n) is 12.8. The molecule has 1 fully saturated rings. The van der Waals surface area contributed by atoms with Crippen molar-refractivity contribution in [3.63, 3.8) is 0 Å². The van der Waals surface area contributed by atoms with Crippen molar-refractivity contribution < 1.29 is 4.74 Å². The first-order valence-electron chi connectivity index (χ1n) is 7.57. The second-order valence-corrected chi connectivity index (χ2v) is 7.57. The maximum absolute atomic E-state index is 5.83. The summed E-state index contributed by atoms with van der Waals surface area (Å²) in [6.07, 6.45) is 3.94. The van der Waals surface area contributed by atoms with Crippen LogP contribution in [0, 0.1) is 0 Å². The van der Waals surface area contributed by atoms with Gasteiger partial charge in [0.25, 0.3) is 0 Å². The quantitative estimate of drug-likeness (QED) is 0.853. The maximum atomic E-state index is 5.83. The highest BCUT2D eigenvalue weighted by Crippen LogP contribution is 2.31. The van der Waals surface area contributed by atoms with E-state index in [2.05, 4.69) is 66.3 Å². The molecule has 2 atom stereocenters. The second-order valence-electron chi connectivity index (χ2n) is 6.72. The van der Waals surface area contributed by atoms with Gasteiger partial charge < -0.3 is 10.1 Å². The lowest BCUT2D eigenvalue weighted by Crippen LogP contribution is -2.39. The van der Waals surface area contributed by atoms with Gasteiger partial charge in [-0.15, -0.1) is 0 Å². The highest BCUT2D eigenvalue weighted by atomic mass is 79.9. The van der Waals surface area contributed by atoms with Crippen molar-refractivity contribution in [3.05, 3.63) is 34.3 Å². The fraction of sp³-hybridized carbons (Fsp3) is 0.647. The Hall–Kier alpha value is -0.380. The fourth-order valence-corrected chi connectivity index (χ4v) is 3.31. The molecule has 0 aliphatic carbocycles. The van der Waals surface area contributed by atoms with Crippen LogP contribution in [0.25, 0.3) is 0 Å². The molecule has 112 valence electrons. The van der Waals surface area contributed by atoms with E-state index in [9.17, 15) is 0 Å². The van der Waals surface area contributed by atoms with Crippen molar-refractivity contribution in [1.29, 1.82) is 0 Å². The van der Waals surface area contributed by atoms with E-state index in [-0.39, 0.29) is 5.54 Å². The molecule has 1 heterocycles. The Bertz CT molecular complexity index is 421. The molecule has 3 heteroatoms. The summed E-state index contributed by atoms with van der Waals surface area (Å²) in [4.78, 5) is 0. The summed E-state index contributed by atoms with van der Waals surface area (Å²) in [6, 6.07) is 8.57. The molecule has 0 spiro atoms. The molecule has 0 aromatic heterocycles. The van der Waals surface area contributed by atoms with E-state index in [0.717, 1.165) is 19.6 Å². The second kappa shape index (κ2) is 7.06. The number of nitrogens with one attached hydrogen (secondary N) is 1. The molecule has 2 nitrogen and oxygen atoms in total. The van der Waals surface area contributed by atoms with Gasteiger partial charge in [-0.05, 0) is 57.6 Å². The summed E-state index contributed by atoms with van der Waals surface area (Å²) < 4.78 is 7.04. The molecular formula is C17H26BrNO. The monoisotopic (exact) mass is 339 g/mol. The molecule has 0 saturated carbocycles. The first-order chi connectivity index (χ1) is 9.46. The van der Waals surface area contributed by atoms with Crippen LogP contribution < -0.4 is 5.32 Å². The van der Waals surface area contributed by atoms with Gasteiger partial charge in [0.15, 0.2) is 0 Å². The van der Waals surface area contributed by atoms with Crippen molar-refractivity contribution in [3.8, 4) is 0 Å². The van der Waals surface area contributed by atoms with Gasteiger partial charge in [-0.3, -0.25) is 0 Å². The highest BCUT2D eigenvalue weighted by Gasteiger charge is 2.24. The Labute approximate surface area is 131 Å². The standard InChI is InChI=1S/C17H26BrNO/c1-17(2,3)19-12-13(11-14-7-6-10-20-14)15-8-4-5-9-16(15)18/h4-5,8-9,13-14,19H,6-7,10-12H2,1-3H3. The van der Waals surface area contributed by atoms with Crippen LogP contribution in [0.2, 0.25) is 0 Å². The summed E-state index contributed by atoms with van der Waals surface area (Å²) in [5.41, 5.74) is 1.54. The Kier molecular flexibility index (Phi) is 5.65. The van der Waals surface area contributed by atoms with Crippen molar-refractivity contribution in [1.82, 2.24) is 5.32 Å². The first kappa shape index (κ1) is 16.0. The van der Waals surface area contributed by atoms with Gasteiger partial charge in [0.05, 0.1) is 6.10 Å². The zero-order chi connectivity index (χ0) is 14.6. The van der Waals surface area contributed by atoms with Crippen molar-refractivity contribution in [2.75, 3.05) is 13.2 Å². The zero-order valence-corrected chi connectivity index (χ0v) is 14.4. The Morgan fingerprint density at radius 1 is 1.35 bits per heavy atom. The van der Waals surface area contributed by atoms with Crippen molar-refractivity contribution in [2.24, 2.45) is 0 Å². The van der Waals surface area contributed by atoms with Gasteiger partial charge in [0.1, 0.15) is 0 Å². The summed E-state index contributed by atoms with van der Waals surface area (Å²) >= 11 is 3.70. The van der Waals surface area contributed by atoms with Crippen molar-refractivity contribution in [2.45, 2.75) is 57.6 Å². The molecule has 0 bridgehead atoms. The molecule has 0 radical (unpaired) electrons. The van der Waals surface area contributed by atoms with Crippen LogP contribution in [-0.4, -0.2) is 24.8 Å². The van der Waals surface area contributed by atoms with Gasteiger partial charge in [-0.1, -0.05) is 34.1 Å².